The highest BCUT2D eigenvalue weighted by Gasteiger charge is 2.26. The van der Waals surface area contributed by atoms with Crippen molar-refractivity contribution in [1.82, 2.24) is 4.72 Å². The van der Waals surface area contributed by atoms with E-state index in [9.17, 15) is 18.5 Å². The molecule has 1 saturated heterocycles. The van der Waals surface area contributed by atoms with Gasteiger partial charge in [-0.3, -0.25) is 10.1 Å². The van der Waals surface area contributed by atoms with Crippen molar-refractivity contribution in [2.75, 3.05) is 23.9 Å². The fraction of sp³-hybridized carbons (Fsp3) is 0.455. The van der Waals surface area contributed by atoms with Crippen LogP contribution >= 0.6 is 11.8 Å². The molecule has 0 radical (unpaired) electrons. The number of hydrogen-bond acceptors (Lipinski definition) is 6. The van der Waals surface area contributed by atoms with Gasteiger partial charge in [0.15, 0.2) is 0 Å². The Hall–Kier alpha value is -1.32. The third kappa shape index (κ3) is 3.22. The fourth-order valence-corrected chi connectivity index (χ4v) is 4.69. The van der Waals surface area contributed by atoms with E-state index in [-0.39, 0.29) is 22.3 Å². The summed E-state index contributed by atoms with van der Waals surface area (Å²) in [4.78, 5) is 10.2. The number of nitro benzene ring substituents is 1. The number of benzene rings is 1. The van der Waals surface area contributed by atoms with Crippen molar-refractivity contribution in [3.8, 4) is 0 Å². The van der Waals surface area contributed by atoms with E-state index in [4.69, 9.17) is 0 Å². The third-order valence-electron chi connectivity index (χ3n) is 2.98. The normalized spacial score (nSPS) is 18.9. The van der Waals surface area contributed by atoms with E-state index in [1.54, 1.807) is 11.8 Å². The Morgan fingerprint density at radius 3 is 2.75 bits per heavy atom. The SMILES string of the molecule is CNc1cc([N+](=O)[O-])ccc1S(=O)(=O)NC1CCSC1. The molecule has 7 nitrogen and oxygen atoms in total. The predicted octanol–water partition coefficient (Wildman–Crippen LogP) is 1.42. The lowest BCUT2D eigenvalue weighted by molar-refractivity contribution is -0.384. The molecule has 2 N–H and O–H groups in total. The average molecular weight is 317 g/mol. The summed E-state index contributed by atoms with van der Waals surface area (Å²) in [5.41, 5.74) is 0.0714. The predicted molar refractivity (Wildman–Crippen MR) is 78.7 cm³/mol. The van der Waals surface area contributed by atoms with Gasteiger partial charge in [-0.1, -0.05) is 0 Å². The van der Waals surface area contributed by atoms with Crippen molar-refractivity contribution in [2.45, 2.75) is 17.4 Å². The molecule has 0 aliphatic carbocycles. The monoisotopic (exact) mass is 317 g/mol. The van der Waals surface area contributed by atoms with Crippen LogP contribution in [0.1, 0.15) is 6.42 Å². The van der Waals surface area contributed by atoms with Crippen LogP contribution in [0.25, 0.3) is 0 Å². The molecular weight excluding hydrogens is 302 g/mol. The minimum atomic E-state index is -3.68. The lowest BCUT2D eigenvalue weighted by atomic mass is 10.3. The summed E-state index contributed by atoms with van der Waals surface area (Å²) in [5, 5.41) is 13.4. The van der Waals surface area contributed by atoms with Gasteiger partial charge in [-0.05, 0) is 18.2 Å². The molecule has 2 rings (SSSR count). The summed E-state index contributed by atoms with van der Waals surface area (Å²) in [6, 6.07) is 3.59. The second-order valence-electron chi connectivity index (χ2n) is 4.37. The maximum atomic E-state index is 12.3. The molecule has 0 aromatic heterocycles. The number of nitrogens with zero attached hydrogens (tertiary/aromatic N) is 1. The Kier molecular flexibility index (Phi) is 4.51. The van der Waals surface area contributed by atoms with Gasteiger partial charge >= 0.3 is 0 Å². The van der Waals surface area contributed by atoms with Gasteiger partial charge in [0, 0.05) is 31.0 Å². The molecule has 0 spiro atoms. The second-order valence-corrected chi connectivity index (χ2v) is 7.20. The molecule has 9 heteroatoms. The maximum Gasteiger partial charge on any atom is 0.271 e. The molecule has 1 aromatic carbocycles. The minimum Gasteiger partial charge on any atom is -0.387 e. The van der Waals surface area contributed by atoms with E-state index in [2.05, 4.69) is 10.0 Å². The van der Waals surface area contributed by atoms with Gasteiger partial charge in [-0.25, -0.2) is 13.1 Å². The molecule has 1 aromatic rings. The zero-order valence-electron chi connectivity index (χ0n) is 10.8. The molecule has 1 atom stereocenters. The first-order chi connectivity index (χ1) is 9.44. The molecule has 0 bridgehead atoms. The standard InChI is InChI=1S/C11H15N3O4S2/c1-12-10-6-9(14(15)16)2-3-11(10)20(17,18)13-8-4-5-19-7-8/h2-3,6,8,12-13H,4-5,7H2,1H3. The lowest BCUT2D eigenvalue weighted by Crippen LogP contribution is -2.34. The summed E-state index contributed by atoms with van der Waals surface area (Å²) < 4.78 is 27.3. The summed E-state index contributed by atoms with van der Waals surface area (Å²) in [5.74, 6) is 1.69. The van der Waals surface area contributed by atoms with E-state index >= 15 is 0 Å². The Balaban J connectivity index is 2.32. The number of nitro groups is 1. The van der Waals surface area contributed by atoms with Crippen LogP contribution in [0.2, 0.25) is 0 Å². The second kappa shape index (κ2) is 5.98. The average Bonchev–Trinajstić information content (AvgIpc) is 2.89. The van der Waals surface area contributed by atoms with E-state index in [0.717, 1.165) is 17.9 Å². The van der Waals surface area contributed by atoms with Crippen LogP contribution in [0.5, 0.6) is 0 Å². The van der Waals surface area contributed by atoms with Gasteiger partial charge < -0.3 is 5.32 Å². The molecule has 20 heavy (non-hydrogen) atoms. The Bertz CT molecular complexity index is 612. The van der Waals surface area contributed by atoms with Crippen LogP contribution in [0, 0.1) is 10.1 Å². The topological polar surface area (TPSA) is 101 Å². The third-order valence-corrected chi connectivity index (χ3v) is 5.73. The fourth-order valence-electron chi connectivity index (χ4n) is 1.97. The van der Waals surface area contributed by atoms with Crippen molar-refractivity contribution >= 4 is 33.2 Å². The zero-order chi connectivity index (χ0) is 14.8. The number of sulfonamides is 1. The van der Waals surface area contributed by atoms with Gasteiger partial charge in [0.2, 0.25) is 10.0 Å². The summed E-state index contributed by atoms with van der Waals surface area (Å²) in [7, 11) is -2.15. The summed E-state index contributed by atoms with van der Waals surface area (Å²) >= 11 is 1.70. The van der Waals surface area contributed by atoms with Crippen LogP contribution in [-0.4, -0.2) is 37.9 Å². The van der Waals surface area contributed by atoms with E-state index < -0.39 is 14.9 Å². The molecule has 1 heterocycles. The number of rotatable bonds is 5. The molecular formula is C11H15N3O4S2. The molecule has 110 valence electrons. The lowest BCUT2D eigenvalue weighted by Gasteiger charge is -2.14. The van der Waals surface area contributed by atoms with Crippen molar-refractivity contribution in [2.24, 2.45) is 0 Å². The maximum absolute atomic E-state index is 12.3. The van der Waals surface area contributed by atoms with Crippen molar-refractivity contribution in [3.05, 3.63) is 28.3 Å². The number of nitrogens with one attached hydrogen (secondary N) is 2. The van der Waals surface area contributed by atoms with Crippen LogP contribution in [-0.2, 0) is 10.0 Å². The summed E-state index contributed by atoms with van der Waals surface area (Å²) in [6.45, 7) is 0. The quantitative estimate of drug-likeness (QED) is 0.629. The van der Waals surface area contributed by atoms with Crippen molar-refractivity contribution in [1.29, 1.82) is 0 Å². The van der Waals surface area contributed by atoms with Gasteiger partial charge in [-0.15, -0.1) is 0 Å². The van der Waals surface area contributed by atoms with Gasteiger partial charge in [0.25, 0.3) is 5.69 Å². The molecule has 0 saturated carbocycles. The number of non-ortho nitro benzene ring substituents is 1. The van der Waals surface area contributed by atoms with Crippen LogP contribution in [0.3, 0.4) is 0 Å². The molecule has 1 fully saturated rings. The highest BCUT2D eigenvalue weighted by Crippen LogP contribution is 2.27. The first-order valence-electron chi connectivity index (χ1n) is 6.00. The Morgan fingerprint density at radius 2 is 2.20 bits per heavy atom. The first kappa shape index (κ1) is 15.1. The van der Waals surface area contributed by atoms with Crippen LogP contribution in [0.15, 0.2) is 23.1 Å². The largest absolute Gasteiger partial charge is 0.387 e. The highest BCUT2D eigenvalue weighted by atomic mass is 32.2. The molecule has 1 aliphatic heterocycles. The minimum absolute atomic E-state index is 0.0301. The first-order valence-corrected chi connectivity index (χ1v) is 8.64. The van der Waals surface area contributed by atoms with Gasteiger partial charge in [-0.2, -0.15) is 11.8 Å². The Labute approximate surface area is 121 Å². The molecule has 0 amide bonds. The van der Waals surface area contributed by atoms with Gasteiger partial charge in [0.1, 0.15) is 4.90 Å². The van der Waals surface area contributed by atoms with Crippen molar-refractivity contribution < 1.29 is 13.3 Å². The van der Waals surface area contributed by atoms with Crippen LogP contribution < -0.4 is 10.0 Å². The summed E-state index contributed by atoms with van der Waals surface area (Å²) in [6.07, 6.45) is 0.797. The van der Waals surface area contributed by atoms with E-state index in [0.29, 0.717) is 0 Å². The van der Waals surface area contributed by atoms with Crippen molar-refractivity contribution in [3.63, 3.8) is 0 Å². The number of thioether (sulfide) groups is 1. The number of anilines is 1. The highest BCUT2D eigenvalue weighted by molar-refractivity contribution is 7.99. The molecule has 1 aliphatic rings. The number of hydrogen-bond donors (Lipinski definition) is 2. The van der Waals surface area contributed by atoms with Gasteiger partial charge in [0.05, 0.1) is 10.6 Å². The zero-order valence-corrected chi connectivity index (χ0v) is 12.5. The smallest absolute Gasteiger partial charge is 0.271 e. The molecule has 1 unspecified atom stereocenters. The Morgan fingerprint density at radius 1 is 1.45 bits per heavy atom. The van der Waals surface area contributed by atoms with Crippen LogP contribution in [0.4, 0.5) is 11.4 Å². The van der Waals surface area contributed by atoms with E-state index in [1.165, 1.54) is 25.2 Å². The van der Waals surface area contributed by atoms with E-state index in [1.807, 2.05) is 0 Å².